The SMILES string of the molecule is COc1ccc(N2CCN(C(C)=O)C(C(=O)O)C2)cc1. The predicted octanol–water partition coefficient (Wildman–Crippen LogP) is 0.817. The standard InChI is InChI=1S/C14H18N2O4/c1-10(17)16-8-7-15(9-13(16)14(18)19)11-3-5-12(20-2)6-4-11/h3-6,13H,7-9H2,1-2H3,(H,18,19). The summed E-state index contributed by atoms with van der Waals surface area (Å²) in [5.41, 5.74) is 0.931. The van der Waals surface area contributed by atoms with Crippen molar-refractivity contribution in [2.24, 2.45) is 0 Å². The number of nitrogens with zero attached hydrogens (tertiary/aromatic N) is 2. The average molecular weight is 278 g/mol. The van der Waals surface area contributed by atoms with Crippen molar-refractivity contribution in [3.8, 4) is 5.75 Å². The third-order valence-corrected chi connectivity index (χ3v) is 3.51. The summed E-state index contributed by atoms with van der Waals surface area (Å²) in [6.45, 7) is 2.73. The number of anilines is 1. The molecule has 0 radical (unpaired) electrons. The van der Waals surface area contributed by atoms with Crippen LogP contribution < -0.4 is 9.64 Å². The first-order valence-electron chi connectivity index (χ1n) is 6.42. The van der Waals surface area contributed by atoms with Crippen LogP contribution in [0.25, 0.3) is 0 Å². The fourth-order valence-corrected chi connectivity index (χ4v) is 2.40. The largest absolute Gasteiger partial charge is 0.497 e. The highest BCUT2D eigenvalue weighted by atomic mass is 16.5. The van der Waals surface area contributed by atoms with Crippen molar-refractivity contribution in [3.05, 3.63) is 24.3 Å². The van der Waals surface area contributed by atoms with E-state index in [2.05, 4.69) is 0 Å². The molecule has 0 spiro atoms. The first kappa shape index (κ1) is 14.2. The van der Waals surface area contributed by atoms with Crippen molar-refractivity contribution in [1.29, 1.82) is 0 Å². The second kappa shape index (κ2) is 5.81. The number of amides is 1. The van der Waals surface area contributed by atoms with Gasteiger partial charge in [-0.2, -0.15) is 0 Å². The van der Waals surface area contributed by atoms with E-state index in [1.165, 1.54) is 11.8 Å². The van der Waals surface area contributed by atoms with Gasteiger partial charge in [0.1, 0.15) is 11.8 Å². The number of piperazine rings is 1. The Kier molecular flexibility index (Phi) is 4.12. The number of benzene rings is 1. The number of hydrogen-bond acceptors (Lipinski definition) is 4. The highest BCUT2D eigenvalue weighted by Crippen LogP contribution is 2.22. The molecule has 0 saturated carbocycles. The summed E-state index contributed by atoms with van der Waals surface area (Å²) in [7, 11) is 1.60. The summed E-state index contributed by atoms with van der Waals surface area (Å²) in [6, 6.07) is 6.65. The molecule has 1 unspecified atom stereocenters. The monoisotopic (exact) mass is 278 g/mol. The number of hydrogen-bond donors (Lipinski definition) is 1. The number of carboxylic acid groups (broad SMARTS) is 1. The molecular weight excluding hydrogens is 260 g/mol. The van der Waals surface area contributed by atoms with E-state index in [0.717, 1.165) is 11.4 Å². The van der Waals surface area contributed by atoms with Crippen LogP contribution in [0, 0.1) is 0 Å². The number of rotatable bonds is 3. The van der Waals surface area contributed by atoms with E-state index in [0.29, 0.717) is 19.6 Å². The zero-order chi connectivity index (χ0) is 14.7. The fourth-order valence-electron chi connectivity index (χ4n) is 2.40. The van der Waals surface area contributed by atoms with Crippen LogP contribution in [-0.4, -0.2) is 54.7 Å². The van der Waals surface area contributed by atoms with Gasteiger partial charge in [0, 0.05) is 32.2 Å². The van der Waals surface area contributed by atoms with Crippen molar-refractivity contribution < 1.29 is 19.4 Å². The zero-order valence-electron chi connectivity index (χ0n) is 11.6. The van der Waals surface area contributed by atoms with Gasteiger partial charge in [-0.25, -0.2) is 4.79 Å². The number of ether oxygens (including phenoxy) is 1. The van der Waals surface area contributed by atoms with Gasteiger partial charge in [-0.05, 0) is 24.3 Å². The Balaban J connectivity index is 2.15. The van der Waals surface area contributed by atoms with Crippen molar-refractivity contribution in [2.45, 2.75) is 13.0 Å². The van der Waals surface area contributed by atoms with E-state index in [9.17, 15) is 14.7 Å². The van der Waals surface area contributed by atoms with Crippen LogP contribution in [0.4, 0.5) is 5.69 Å². The maximum absolute atomic E-state index is 11.5. The normalized spacial score (nSPS) is 18.8. The van der Waals surface area contributed by atoms with Gasteiger partial charge in [0.15, 0.2) is 0 Å². The molecule has 1 N–H and O–H groups in total. The van der Waals surface area contributed by atoms with E-state index in [-0.39, 0.29) is 5.91 Å². The Morgan fingerprint density at radius 1 is 1.25 bits per heavy atom. The van der Waals surface area contributed by atoms with Crippen LogP contribution in [0.1, 0.15) is 6.92 Å². The van der Waals surface area contributed by atoms with Gasteiger partial charge in [0.2, 0.25) is 5.91 Å². The molecule has 1 aromatic rings. The lowest BCUT2D eigenvalue weighted by Crippen LogP contribution is -2.58. The molecule has 0 aliphatic carbocycles. The minimum Gasteiger partial charge on any atom is -0.497 e. The Bertz CT molecular complexity index is 500. The minimum atomic E-state index is -0.974. The van der Waals surface area contributed by atoms with Gasteiger partial charge >= 0.3 is 5.97 Å². The van der Waals surface area contributed by atoms with E-state index in [1.54, 1.807) is 7.11 Å². The molecule has 0 bridgehead atoms. The smallest absolute Gasteiger partial charge is 0.328 e. The lowest BCUT2D eigenvalue weighted by Gasteiger charge is -2.40. The van der Waals surface area contributed by atoms with Gasteiger partial charge in [-0.1, -0.05) is 0 Å². The highest BCUT2D eigenvalue weighted by molar-refractivity contribution is 5.83. The molecule has 1 aliphatic heterocycles. The summed E-state index contributed by atoms with van der Waals surface area (Å²) in [6.07, 6.45) is 0. The molecule has 1 heterocycles. The van der Waals surface area contributed by atoms with Crippen molar-refractivity contribution in [1.82, 2.24) is 4.90 Å². The molecule has 20 heavy (non-hydrogen) atoms. The summed E-state index contributed by atoms with van der Waals surface area (Å²) in [5.74, 6) is -0.420. The number of methoxy groups -OCH3 is 1. The maximum atomic E-state index is 11.5. The third-order valence-electron chi connectivity index (χ3n) is 3.51. The van der Waals surface area contributed by atoms with Gasteiger partial charge in [0.05, 0.1) is 7.11 Å². The van der Waals surface area contributed by atoms with E-state index in [1.807, 2.05) is 29.2 Å². The Morgan fingerprint density at radius 2 is 1.90 bits per heavy atom. The minimum absolute atomic E-state index is 0.202. The predicted molar refractivity (Wildman–Crippen MR) is 74.0 cm³/mol. The van der Waals surface area contributed by atoms with E-state index in [4.69, 9.17) is 4.74 Å². The average Bonchev–Trinajstić information content (AvgIpc) is 2.46. The van der Waals surface area contributed by atoms with Crippen LogP contribution in [0.2, 0.25) is 0 Å². The molecule has 108 valence electrons. The van der Waals surface area contributed by atoms with Crippen LogP contribution in [0.3, 0.4) is 0 Å². The Labute approximate surface area is 117 Å². The summed E-state index contributed by atoms with van der Waals surface area (Å²) < 4.78 is 5.10. The fraction of sp³-hybridized carbons (Fsp3) is 0.429. The van der Waals surface area contributed by atoms with Crippen LogP contribution in [-0.2, 0) is 9.59 Å². The number of aliphatic carboxylic acids is 1. The van der Waals surface area contributed by atoms with E-state index < -0.39 is 12.0 Å². The molecule has 1 fully saturated rings. The molecule has 6 heteroatoms. The summed E-state index contributed by atoms with van der Waals surface area (Å²) in [5, 5.41) is 9.26. The first-order valence-corrected chi connectivity index (χ1v) is 6.42. The number of carboxylic acids is 1. The van der Waals surface area contributed by atoms with Crippen LogP contribution in [0.5, 0.6) is 5.75 Å². The lowest BCUT2D eigenvalue weighted by molar-refractivity contribution is -0.149. The quantitative estimate of drug-likeness (QED) is 0.886. The topological polar surface area (TPSA) is 70.1 Å². The molecule has 1 atom stereocenters. The van der Waals surface area contributed by atoms with Crippen LogP contribution >= 0.6 is 0 Å². The van der Waals surface area contributed by atoms with Gasteiger partial charge in [0.25, 0.3) is 0 Å². The Hall–Kier alpha value is -2.24. The highest BCUT2D eigenvalue weighted by Gasteiger charge is 2.33. The summed E-state index contributed by atoms with van der Waals surface area (Å²) >= 11 is 0. The lowest BCUT2D eigenvalue weighted by atomic mass is 10.1. The van der Waals surface area contributed by atoms with Crippen LogP contribution in [0.15, 0.2) is 24.3 Å². The molecule has 1 aliphatic rings. The van der Waals surface area contributed by atoms with E-state index >= 15 is 0 Å². The molecular formula is C14H18N2O4. The van der Waals surface area contributed by atoms with Gasteiger partial charge in [-0.3, -0.25) is 4.79 Å². The first-order chi connectivity index (χ1) is 9.52. The molecule has 0 aromatic heterocycles. The molecule has 2 rings (SSSR count). The second-order valence-corrected chi connectivity index (χ2v) is 4.71. The third kappa shape index (κ3) is 2.84. The second-order valence-electron chi connectivity index (χ2n) is 4.71. The van der Waals surface area contributed by atoms with Crippen molar-refractivity contribution in [2.75, 3.05) is 31.6 Å². The molecule has 1 amide bonds. The zero-order valence-corrected chi connectivity index (χ0v) is 11.6. The van der Waals surface area contributed by atoms with Gasteiger partial charge in [-0.15, -0.1) is 0 Å². The number of carbonyl (C=O) groups is 2. The maximum Gasteiger partial charge on any atom is 0.328 e. The number of carbonyl (C=O) groups excluding carboxylic acids is 1. The van der Waals surface area contributed by atoms with Crippen molar-refractivity contribution in [3.63, 3.8) is 0 Å². The van der Waals surface area contributed by atoms with Gasteiger partial charge < -0.3 is 19.6 Å². The molecule has 1 aromatic carbocycles. The summed E-state index contributed by atoms with van der Waals surface area (Å²) in [4.78, 5) is 26.1. The molecule has 6 nitrogen and oxygen atoms in total. The molecule has 1 saturated heterocycles. The Morgan fingerprint density at radius 3 is 2.40 bits per heavy atom. The van der Waals surface area contributed by atoms with Crippen molar-refractivity contribution >= 4 is 17.6 Å².